The van der Waals surface area contributed by atoms with Gasteiger partial charge >= 0.3 is 0 Å². The Hall–Kier alpha value is -0.850. The zero-order valence-electron chi connectivity index (χ0n) is 12.8. The molecule has 0 bridgehead atoms. The molecule has 0 aliphatic carbocycles. The summed E-state index contributed by atoms with van der Waals surface area (Å²) in [7, 11) is -3.58. The highest BCUT2D eigenvalue weighted by molar-refractivity contribution is 7.89. The Balaban J connectivity index is 2.90. The van der Waals surface area contributed by atoms with E-state index >= 15 is 0 Å². The van der Waals surface area contributed by atoms with E-state index in [4.69, 9.17) is 11.6 Å². The van der Waals surface area contributed by atoms with E-state index in [1.165, 1.54) is 12.3 Å². The van der Waals surface area contributed by atoms with E-state index in [0.717, 1.165) is 32.2 Å². The molecule has 1 heterocycles. The number of pyridine rings is 1. The first kappa shape index (κ1) is 18.2. The zero-order valence-corrected chi connectivity index (χ0v) is 14.4. The molecule has 21 heavy (non-hydrogen) atoms. The lowest BCUT2D eigenvalue weighted by atomic mass is 10.1. The lowest BCUT2D eigenvalue weighted by Gasteiger charge is -2.16. The number of aromatic nitrogens is 1. The molecule has 1 aromatic rings. The Labute approximate surface area is 132 Å². The second-order valence-corrected chi connectivity index (χ2v) is 7.06. The standard InChI is InChI=1S/C14H24ClN3O2S/c1-4-7-11(6-3)18-21(19,20)12-9-13(15)14(17-10-12)16-8-5-2/h9-11,18H,4-8H2,1-3H3,(H,16,17). The van der Waals surface area contributed by atoms with Gasteiger partial charge in [-0.15, -0.1) is 0 Å². The topological polar surface area (TPSA) is 71.1 Å². The van der Waals surface area contributed by atoms with Crippen LogP contribution in [0.25, 0.3) is 0 Å². The predicted octanol–water partition coefficient (Wildman–Crippen LogP) is 3.41. The van der Waals surface area contributed by atoms with Crippen molar-refractivity contribution in [2.24, 2.45) is 0 Å². The molecule has 5 nitrogen and oxygen atoms in total. The minimum absolute atomic E-state index is 0.0586. The van der Waals surface area contributed by atoms with Gasteiger partial charge in [0.15, 0.2) is 0 Å². The van der Waals surface area contributed by atoms with Crippen molar-refractivity contribution < 1.29 is 8.42 Å². The van der Waals surface area contributed by atoms with Gasteiger partial charge in [0.1, 0.15) is 10.7 Å². The van der Waals surface area contributed by atoms with Crippen molar-refractivity contribution in [1.82, 2.24) is 9.71 Å². The molecule has 7 heteroatoms. The largest absolute Gasteiger partial charge is 0.369 e. The average molecular weight is 334 g/mol. The van der Waals surface area contributed by atoms with Crippen molar-refractivity contribution in [3.63, 3.8) is 0 Å². The van der Waals surface area contributed by atoms with Gasteiger partial charge in [0, 0.05) is 18.8 Å². The van der Waals surface area contributed by atoms with Gasteiger partial charge in [-0.2, -0.15) is 0 Å². The van der Waals surface area contributed by atoms with Crippen LogP contribution in [0.2, 0.25) is 5.02 Å². The van der Waals surface area contributed by atoms with Crippen molar-refractivity contribution >= 4 is 27.4 Å². The average Bonchev–Trinajstić information content (AvgIpc) is 2.45. The third-order valence-electron chi connectivity index (χ3n) is 3.12. The number of hydrogen-bond acceptors (Lipinski definition) is 4. The fourth-order valence-corrected chi connectivity index (χ4v) is 3.54. The van der Waals surface area contributed by atoms with E-state index in [1.807, 2.05) is 20.8 Å². The minimum atomic E-state index is -3.58. The van der Waals surface area contributed by atoms with Gasteiger partial charge in [0.05, 0.1) is 5.02 Å². The Morgan fingerprint density at radius 2 is 2.00 bits per heavy atom. The van der Waals surface area contributed by atoms with Crippen LogP contribution in [0.4, 0.5) is 5.82 Å². The first-order valence-electron chi connectivity index (χ1n) is 7.36. The number of anilines is 1. The van der Waals surface area contributed by atoms with Gasteiger partial charge in [-0.25, -0.2) is 18.1 Å². The summed E-state index contributed by atoms with van der Waals surface area (Å²) in [5, 5.41) is 3.37. The maximum absolute atomic E-state index is 12.3. The fraction of sp³-hybridized carbons (Fsp3) is 0.643. The van der Waals surface area contributed by atoms with Gasteiger partial charge in [0.2, 0.25) is 10.0 Å². The third kappa shape index (κ3) is 5.45. The molecule has 0 saturated heterocycles. The van der Waals surface area contributed by atoms with Crippen LogP contribution in [-0.4, -0.2) is 26.0 Å². The highest BCUT2D eigenvalue weighted by atomic mass is 35.5. The van der Waals surface area contributed by atoms with E-state index < -0.39 is 10.0 Å². The van der Waals surface area contributed by atoms with Crippen LogP contribution in [0.3, 0.4) is 0 Å². The predicted molar refractivity (Wildman–Crippen MR) is 87.3 cm³/mol. The van der Waals surface area contributed by atoms with Crippen LogP contribution in [0.1, 0.15) is 46.5 Å². The zero-order chi connectivity index (χ0) is 15.9. The summed E-state index contributed by atoms with van der Waals surface area (Å²) in [4.78, 5) is 4.20. The van der Waals surface area contributed by atoms with Crippen LogP contribution in [-0.2, 0) is 10.0 Å². The Morgan fingerprint density at radius 1 is 1.29 bits per heavy atom. The molecular weight excluding hydrogens is 310 g/mol. The minimum Gasteiger partial charge on any atom is -0.369 e. The summed E-state index contributed by atoms with van der Waals surface area (Å²) in [6.07, 6.45) is 4.77. The maximum Gasteiger partial charge on any atom is 0.242 e. The quantitative estimate of drug-likeness (QED) is 0.726. The lowest BCUT2D eigenvalue weighted by molar-refractivity contribution is 0.512. The summed E-state index contributed by atoms with van der Waals surface area (Å²) in [6.45, 7) is 6.77. The number of nitrogens with one attached hydrogen (secondary N) is 2. The molecule has 0 aromatic carbocycles. The molecule has 1 unspecified atom stereocenters. The van der Waals surface area contributed by atoms with E-state index in [2.05, 4.69) is 15.0 Å². The number of halogens is 1. The summed E-state index contributed by atoms with van der Waals surface area (Å²) in [5.74, 6) is 0.512. The highest BCUT2D eigenvalue weighted by Crippen LogP contribution is 2.22. The number of nitrogens with zero attached hydrogens (tertiary/aromatic N) is 1. The third-order valence-corrected chi connectivity index (χ3v) is 4.90. The molecule has 0 aliphatic heterocycles. The van der Waals surface area contributed by atoms with Gasteiger partial charge in [-0.1, -0.05) is 38.8 Å². The number of hydrogen-bond donors (Lipinski definition) is 2. The summed E-state index contributed by atoms with van der Waals surface area (Å²) < 4.78 is 27.4. The first-order valence-corrected chi connectivity index (χ1v) is 9.22. The molecule has 0 spiro atoms. The maximum atomic E-state index is 12.3. The molecule has 0 fully saturated rings. The Kier molecular flexibility index (Phi) is 7.42. The molecular formula is C14H24ClN3O2S. The van der Waals surface area contributed by atoms with E-state index in [1.54, 1.807) is 0 Å². The molecule has 120 valence electrons. The van der Waals surface area contributed by atoms with Gasteiger partial charge < -0.3 is 5.32 Å². The van der Waals surface area contributed by atoms with E-state index in [9.17, 15) is 8.42 Å². The van der Waals surface area contributed by atoms with Crippen molar-refractivity contribution in [3.8, 4) is 0 Å². The molecule has 0 amide bonds. The van der Waals surface area contributed by atoms with E-state index in [0.29, 0.717) is 10.8 Å². The van der Waals surface area contributed by atoms with Crippen LogP contribution in [0.15, 0.2) is 17.2 Å². The smallest absolute Gasteiger partial charge is 0.242 e. The van der Waals surface area contributed by atoms with Crippen molar-refractivity contribution in [2.45, 2.75) is 57.4 Å². The molecule has 1 rings (SSSR count). The second-order valence-electron chi connectivity index (χ2n) is 4.94. The van der Waals surface area contributed by atoms with Crippen molar-refractivity contribution in [2.75, 3.05) is 11.9 Å². The van der Waals surface area contributed by atoms with Crippen LogP contribution < -0.4 is 10.0 Å². The molecule has 1 atom stereocenters. The van der Waals surface area contributed by atoms with Gasteiger partial charge in [0.25, 0.3) is 0 Å². The number of rotatable bonds is 9. The Morgan fingerprint density at radius 3 is 2.52 bits per heavy atom. The fourth-order valence-electron chi connectivity index (χ4n) is 1.92. The first-order chi connectivity index (χ1) is 9.94. The van der Waals surface area contributed by atoms with Crippen LogP contribution >= 0.6 is 11.6 Å². The summed E-state index contributed by atoms with van der Waals surface area (Å²) in [5.41, 5.74) is 0. The summed E-state index contributed by atoms with van der Waals surface area (Å²) in [6, 6.07) is 1.38. The van der Waals surface area contributed by atoms with Crippen molar-refractivity contribution in [1.29, 1.82) is 0 Å². The van der Waals surface area contributed by atoms with Gasteiger partial charge in [-0.3, -0.25) is 0 Å². The molecule has 2 N–H and O–H groups in total. The highest BCUT2D eigenvalue weighted by Gasteiger charge is 2.20. The van der Waals surface area contributed by atoms with Gasteiger partial charge in [-0.05, 0) is 25.3 Å². The summed E-state index contributed by atoms with van der Waals surface area (Å²) >= 11 is 6.09. The lowest BCUT2D eigenvalue weighted by Crippen LogP contribution is -2.34. The normalized spacial score (nSPS) is 13.1. The SMILES string of the molecule is CCCNc1ncc(S(=O)(=O)NC(CC)CCC)cc1Cl. The second kappa shape index (κ2) is 8.56. The Bertz CT molecular complexity index is 549. The van der Waals surface area contributed by atoms with Crippen molar-refractivity contribution in [3.05, 3.63) is 17.3 Å². The van der Waals surface area contributed by atoms with Crippen LogP contribution in [0, 0.1) is 0 Å². The monoisotopic (exact) mass is 333 g/mol. The van der Waals surface area contributed by atoms with Crippen LogP contribution in [0.5, 0.6) is 0 Å². The molecule has 0 aliphatic rings. The van der Waals surface area contributed by atoms with E-state index in [-0.39, 0.29) is 10.9 Å². The molecule has 0 saturated carbocycles. The molecule has 1 aromatic heterocycles. The molecule has 0 radical (unpaired) electrons. The number of sulfonamides is 1.